The van der Waals surface area contributed by atoms with Gasteiger partial charge in [-0.05, 0) is 31.1 Å². The summed E-state index contributed by atoms with van der Waals surface area (Å²) in [6.07, 6.45) is 28.0. The molecule has 0 spiro atoms. The second-order valence-corrected chi connectivity index (χ2v) is 15.0. The van der Waals surface area contributed by atoms with Gasteiger partial charge in [-0.2, -0.15) is 0 Å². The zero-order valence-electron chi connectivity index (χ0n) is 35.3. The normalized spacial score (nSPS) is 11.3. The number of nitrogens with one attached hydrogen (secondary N) is 1. The number of aliphatic hydroxyl groups is 2. The summed E-state index contributed by atoms with van der Waals surface area (Å²) in [4.78, 5) is 36.8. The van der Waals surface area contributed by atoms with E-state index in [9.17, 15) is 14.4 Å². The molecule has 0 rings (SSSR count). The van der Waals surface area contributed by atoms with Crippen LogP contribution in [0.3, 0.4) is 0 Å². The Balaban J connectivity index is -0.00000270. The van der Waals surface area contributed by atoms with Crippen LogP contribution in [0.25, 0.3) is 0 Å². The minimum absolute atomic E-state index is 0.0174. The molecule has 0 aliphatic rings. The van der Waals surface area contributed by atoms with Gasteiger partial charge in [-0.1, -0.05) is 170 Å². The van der Waals surface area contributed by atoms with Crippen LogP contribution in [0.5, 0.6) is 0 Å². The van der Waals surface area contributed by atoms with Crippen LogP contribution < -0.4 is 5.32 Å². The molecule has 0 aromatic rings. The van der Waals surface area contributed by atoms with Crippen molar-refractivity contribution in [1.29, 1.82) is 0 Å². The molecule has 0 bridgehead atoms. The van der Waals surface area contributed by atoms with Gasteiger partial charge < -0.3 is 29.7 Å². The van der Waals surface area contributed by atoms with Gasteiger partial charge in [0.15, 0.2) is 0 Å². The summed E-state index contributed by atoms with van der Waals surface area (Å²) in [5.74, 6) is 0.381. The van der Waals surface area contributed by atoms with Crippen LogP contribution in [-0.2, 0) is 23.8 Å². The smallest absolute Gasteiger partial charge is 0.407 e. The molecule has 3 N–H and O–H groups in total. The van der Waals surface area contributed by atoms with Crippen molar-refractivity contribution in [1.82, 2.24) is 5.32 Å². The first-order valence-corrected chi connectivity index (χ1v) is 21.5. The largest absolute Gasteiger partial charge is 0.462 e. The van der Waals surface area contributed by atoms with Gasteiger partial charge in [0, 0.05) is 39.5 Å². The summed E-state index contributed by atoms with van der Waals surface area (Å²) in [6.45, 7) is 13.6. The highest BCUT2D eigenvalue weighted by Gasteiger charge is 2.18. The fourth-order valence-corrected chi connectivity index (χ4v) is 5.43. The molecular formula is C43H87NO8. The third-order valence-electron chi connectivity index (χ3n) is 8.69. The van der Waals surface area contributed by atoms with Gasteiger partial charge in [0.2, 0.25) is 0 Å². The average Bonchev–Trinajstić information content (AvgIpc) is 3.12. The van der Waals surface area contributed by atoms with Crippen molar-refractivity contribution in [3.63, 3.8) is 0 Å². The van der Waals surface area contributed by atoms with E-state index in [2.05, 4.69) is 33.0 Å². The topological polar surface area (TPSA) is 131 Å². The Morgan fingerprint density at radius 2 is 0.923 bits per heavy atom. The second kappa shape index (κ2) is 45.3. The van der Waals surface area contributed by atoms with Gasteiger partial charge >= 0.3 is 18.0 Å². The Morgan fingerprint density at radius 1 is 0.519 bits per heavy atom. The molecule has 52 heavy (non-hydrogen) atoms. The van der Waals surface area contributed by atoms with E-state index in [0.29, 0.717) is 38.4 Å². The number of rotatable bonds is 34. The molecule has 0 aromatic heterocycles. The third-order valence-corrected chi connectivity index (χ3v) is 8.69. The molecule has 0 aromatic carbocycles. The van der Waals surface area contributed by atoms with Crippen LogP contribution in [0.1, 0.15) is 208 Å². The number of hydrogen-bond acceptors (Lipinski definition) is 8. The van der Waals surface area contributed by atoms with Crippen molar-refractivity contribution >= 4 is 18.0 Å². The zero-order chi connectivity index (χ0) is 39.5. The predicted octanol–water partition coefficient (Wildman–Crippen LogP) is 11.2. The molecule has 0 fully saturated rings. The first kappa shape index (κ1) is 54.5. The molecule has 1 amide bonds. The Hall–Kier alpha value is -1.87. The highest BCUT2D eigenvalue weighted by atomic mass is 16.6. The highest BCUT2D eigenvalue weighted by Crippen LogP contribution is 2.14. The average molecular weight is 746 g/mol. The summed E-state index contributed by atoms with van der Waals surface area (Å²) in [6, 6.07) is 0. The van der Waals surface area contributed by atoms with E-state index in [4.69, 9.17) is 24.4 Å². The highest BCUT2D eigenvalue weighted by molar-refractivity contribution is 5.70. The second-order valence-electron chi connectivity index (χ2n) is 15.0. The summed E-state index contributed by atoms with van der Waals surface area (Å²) >= 11 is 0. The predicted molar refractivity (Wildman–Crippen MR) is 216 cm³/mol. The monoisotopic (exact) mass is 746 g/mol. The van der Waals surface area contributed by atoms with Gasteiger partial charge in [0.25, 0.3) is 0 Å². The number of carbonyl (C=O) groups excluding carboxylic acids is 3. The number of amides is 1. The standard InChI is InChI=1S/C37H71NO6.C5H12O.CH4O/c1-5-7-9-11-13-15-17-19-21-23-25-27-35(39)42-32-34(29-30-38-37(41)43-31-33(3)4)44-36(40)28-26-24-22-20-18-16-14-12-10-8-6-2;1-5(2)3-4-6;1-2/h33-34H,5-32H2,1-4H3,(H,38,41);5-6H,3-4H2,1-2H3;2H,1H3. The number of aliphatic hydroxyl groups excluding tert-OH is 2. The first-order chi connectivity index (χ1) is 25.2. The number of alkyl carbamates (subject to hydrolysis) is 1. The molecule has 0 saturated carbocycles. The molecule has 0 saturated heterocycles. The Kier molecular flexibility index (Phi) is 47.4. The van der Waals surface area contributed by atoms with E-state index in [1.165, 1.54) is 103 Å². The maximum Gasteiger partial charge on any atom is 0.407 e. The molecular weight excluding hydrogens is 658 g/mol. The van der Waals surface area contributed by atoms with E-state index in [0.717, 1.165) is 52.1 Å². The van der Waals surface area contributed by atoms with Gasteiger partial charge in [-0.3, -0.25) is 9.59 Å². The number of unbranched alkanes of at least 4 members (excludes halogenated alkanes) is 20. The van der Waals surface area contributed by atoms with Crippen LogP contribution in [0, 0.1) is 11.8 Å². The van der Waals surface area contributed by atoms with E-state index < -0.39 is 12.2 Å². The fraction of sp³-hybridized carbons (Fsp3) is 0.930. The molecule has 9 heteroatoms. The van der Waals surface area contributed by atoms with E-state index in [-0.39, 0.29) is 31.0 Å². The maximum atomic E-state index is 12.5. The summed E-state index contributed by atoms with van der Waals surface area (Å²) in [7, 11) is 1.00. The van der Waals surface area contributed by atoms with Crippen molar-refractivity contribution < 1.29 is 38.8 Å². The first-order valence-electron chi connectivity index (χ1n) is 21.5. The van der Waals surface area contributed by atoms with Crippen LogP contribution >= 0.6 is 0 Å². The third kappa shape index (κ3) is 48.1. The van der Waals surface area contributed by atoms with Crippen LogP contribution in [-0.4, -0.2) is 67.8 Å². The lowest BCUT2D eigenvalue weighted by atomic mass is 10.1. The quantitative estimate of drug-likeness (QED) is 0.0337. The minimum atomic E-state index is -0.582. The van der Waals surface area contributed by atoms with Crippen molar-refractivity contribution in [2.24, 2.45) is 11.8 Å². The lowest BCUT2D eigenvalue weighted by Crippen LogP contribution is -2.32. The zero-order valence-corrected chi connectivity index (χ0v) is 35.3. The van der Waals surface area contributed by atoms with Gasteiger partial charge in [0.05, 0.1) is 6.61 Å². The number of carbonyl (C=O) groups is 3. The molecule has 1 unspecified atom stereocenters. The SMILES string of the molecule is CC(C)CCO.CCCCCCCCCCCCCC(=O)OCC(CCNC(=O)OCC(C)C)OC(=O)CCCCCCCCCCCCC.CO. The Bertz CT molecular complexity index is 747. The lowest BCUT2D eigenvalue weighted by molar-refractivity contribution is -0.159. The van der Waals surface area contributed by atoms with Crippen molar-refractivity contribution in [2.75, 3.05) is 33.5 Å². The molecule has 9 nitrogen and oxygen atoms in total. The van der Waals surface area contributed by atoms with E-state index in [1.54, 1.807) is 0 Å². The van der Waals surface area contributed by atoms with E-state index in [1.807, 2.05) is 13.8 Å². The Labute approximate surface area is 321 Å². The molecule has 0 heterocycles. The summed E-state index contributed by atoms with van der Waals surface area (Å²) in [5.41, 5.74) is 0. The fourth-order valence-electron chi connectivity index (χ4n) is 5.43. The number of esters is 2. The molecule has 0 radical (unpaired) electrons. The van der Waals surface area contributed by atoms with Crippen molar-refractivity contribution in [3.05, 3.63) is 0 Å². The molecule has 0 aliphatic heterocycles. The maximum absolute atomic E-state index is 12.5. The molecule has 312 valence electrons. The lowest BCUT2D eigenvalue weighted by Gasteiger charge is -2.18. The Morgan fingerprint density at radius 3 is 1.29 bits per heavy atom. The van der Waals surface area contributed by atoms with Gasteiger partial charge in [-0.15, -0.1) is 0 Å². The van der Waals surface area contributed by atoms with E-state index >= 15 is 0 Å². The summed E-state index contributed by atoms with van der Waals surface area (Å²) < 4.78 is 16.3. The van der Waals surface area contributed by atoms with Crippen LogP contribution in [0.2, 0.25) is 0 Å². The number of ether oxygens (including phenoxy) is 3. The van der Waals surface area contributed by atoms with Gasteiger partial charge in [0.1, 0.15) is 12.7 Å². The van der Waals surface area contributed by atoms with Crippen LogP contribution in [0.15, 0.2) is 0 Å². The molecule has 0 aliphatic carbocycles. The van der Waals surface area contributed by atoms with Crippen molar-refractivity contribution in [2.45, 2.75) is 215 Å². The minimum Gasteiger partial charge on any atom is -0.462 e. The van der Waals surface area contributed by atoms with Crippen LogP contribution in [0.4, 0.5) is 4.79 Å². The number of hydrogen-bond donors (Lipinski definition) is 3. The summed E-state index contributed by atoms with van der Waals surface area (Å²) in [5, 5.41) is 17.9. The molecule has 1 atom stereocenters. The van der Waals surface area contributed by atoms with Crippen molar-refractivity contribution in [3.8, 4) is 0 Å². The van der Waals surface area contributed by atoms with Gasteiger partial charge in [-0.25, -0.2) is 4.79 Å².